The lowest BCUT2D eigenvalue weighted by Crippen LogP contribution is -2.15. The molecule has 0 aliphatic carbocycles. The third kappa shape index (κ3) is 11.6. The molecule has 0 N–H and O–H groups in total. The minimum atomic E-state index is -1.35. The molecule has 0 aromatic heterocycles. The molecule has 0 saturated carbocycles. The van der Waals surface area contributed by atoms with Gasteiger partial charge in [-0.3, -0.25) is 0 Å². The van der Waals surface area contributed by atoms with Gasteiger partial charge in [0.2, 0.25) is 18.1 Å². The molecular weight excluding hydrogens is 260 g/mol. The van der Waals surface area contributed by atoms with E-state index in [2.05, 4.69) is 9.78 Å². The molecule has 0 atom stereocenters. The van der Waals surface area contributed by atoms with Gasteiger partial charge in [0.15, 0.2) is 0 Å². The molecule has 0 heterocycles. The molecule has 0 aliphatic rings. The van der Waals surface area contributed by atoms with Gasteiger partial charge >= 0.3 is 11.9 Å². The number of carbonyl (C=O) groups is 2. The molecule has 17 heavy (non-hydrogen) atoms. The van der Waals surface area contributed by atoms with E-state index in [1.165, 1.54) is 0 Å². The van der Waals surface area contributed by atoms with Crippen molar-refractivity contribution in [2.45, 2.75) is 45.5 Å². The lowest BCUT2D eigenvalue weighted by atomic mass is 10.2. The summed E-state index contributed by atoms with van der Waals surface area (Å²) in [7, 11) is -2.71. The maximum absolute atomic E-state index is 11.1. The molecule has 0 aromatic carbocycles. The van der Waals surface area contributed by atoms with Crippen molar-refractivity contribution >= 4 is 30.0 Å². The highest BCUT2D eigenvalue weighted by Gasteiger charge is 2.10. The van der Waals surface area contributed by atoms with Gasteiger partial charge in [0, 0.05) is 12.8 Å². The molecule has 6 nitrogen and oxygen atoms in total. The standard InChI is InChI=1S/C9H20O6Si2/c1-16(2)14-12-8(10)6-5-7-9(11)13-15-17(3)4/h16-17H,5-7H2,1-4H3. The van der Waals surface area contributed by atoms with Crippen LogP contribution in [0, 0.1) is 0 Å². The monoisotopic (exact) mass is 280 g/mol. The van der Waals surface area contributed by atoms with E-state index < -0.39 is 30.0 Å². The van der Waals surface area contributed by atoms with Crippen LogP contribution in [-0.4, -0.2) is 30.0 Å². The fraction of sp³-hybridized carbons (Fsp3) is 0.778. The number of hydrogen-bond acceptors (Lipinski definition) is 6. The Morgan fingerprint density at radius 2 is 1.18 bits per heavy atom. The largest absolute Gasteiger partial charge is 0.340 e. The van der Waals surface area contributed by atoms with Crippen LogP contribution in [0.25, 0.3) is 0 Å². The zero-order chi connectivity index (χ0) is 13.3. The van der Waals surface area contributed by atoms with Crippen LogP contribution in [0.3, 0.4) is 0 Å². The van der Waals surface area contributed by atoms with Crippen LogP contribution in [0.2, 0.25) is 26.2 Å². The van der Waals surface area contributed by atoms with E-state index in [-0.39, 0.29) is 12.8 Å². The summed E-state index contributed by atoms with van der Waals surface area (Å²) in [5, 5.41) is 0. The predicted molar refractivity (Wildman–Crippen MR) is 66.0 cm³/mol. The minimum Gasteiger partial charge on any atom is -0.310 e. The van der Waals surface area contributed by atoms with Gasteiger partial charge < -0.3 is 9.78 Å². The summed E-state index contributed by atoms with van der Waals surface area (Å²) < 4.78 is 9.59. The van der Waals surface area contributed by atoms with Crippen molar-refractivity contribution in [2.24, 2.45) is 0 Å². The topological polar surface area (TPSA) is 71.1 Å². The van der Waals surface area contributed by atoms with Gasteiger partial charge in [0.05, 0.1) is 0 Å². The van der Waals surface area contributed by atoms with Crippen LogP contribution in [0.15, 0.2) is 0 Å². The Labute approximate surface area is 104 Å². The second-order valence-electron chi connectivity index (χ2n) is 4.05. The second kappa shape index (κ2) is 9.34. The third-order valence-electron chi connectivity index (χ3n) is 1.43. The van der Waals surface area contributed by atoms with Crippen LogP contribution in [0.1, 0.15) is 19.3 Å². The fourth-order valence-corrected chi connectivity index (χ4v) is 1.36. The van der Waals surface area contributed by atoms with E-state index in [0.29, 0.717) is 6.42 Å². The van der Waals surface area contributed by atoms with Gasteiger partial charge in [-0.2, -0.15) is 0 Å². The van der Waals surface area contributed by atoms with Crippen LogP contribution in [-0.2, 0) is 28.5 Å². The zero-order valence-electron chi connectivity index (χ0n) is 10.7. The quantitative estimate of drug-likeness (QED) is 0.376. The molecule has 0 rings (SSSR count). The Hall–Kier alpha value is -0.706. The van der Waals surface area contributed by atoms with Crippen molar-refractivity contribution in [2.75, 3.05) is 0 Å². The highest BCUT2D eigenvalue weighted by atomic mass is 28.3. The van der Waals surface area contributed by atoms with Gasteiger partial charge in [0.1, 0.15) is 0 Å². The normalized spacial score (nSPS) is 10.7. The second-order valence-corrected chi connectivity index (χ2v) is 8.63. The molecular formula is C9H20O6Si2. The molecule has 0 saturated heterocycles. The smallest absolute Gasteiger partial charge is 0.310 e. The first-order valence-corrected chi connectivity index (χ1v) is 11.2. The van der Waals surface area contributed by atoms with E-state index >= 15 is 0 Å². The molecule has 100 valence electrons. The number of hydrogen-bond donors (Lipinski definition) is 0. The van der Waals surface area contributed by atoms with E-state index in [0.717, 1.165) is 0 Å². The van der Waals surface area contributed by atoms with Gasteiger partial charge in [-0.25, -0.2) is 18.7 Å². The highest BCUT2D eigenvalue weighted by Crippen LogP contribution is 2.01. The first-order valence-electron chi connectivity index (χ1n) is 5.64. The van der Waals surface area contributed by atoms with Crippen molar-refractivity contribution in [1.29, 1.82) is 0 Å². The fourth-order valence-electron chi connectivity index (χ4n) is 0.760. The third-order valence-corrected chi connectivity index (χ3v) is 2.39. The predicted octanol–water partition coefficient (Wildman–Crippen LogP) is 1.07. The van der Waals surface area contributed by atoms with Crippen molar-refractivity contribution in [3.63, 3.8) is 0 Å². The molecule has 0 radical (unpaired) electrons. The number of rotatable bonds is 8. The highest BCUT2D eigenvalue weighted by molar-refractivity contribution is 6.48. The first-order chi connectivity index (χ1) is 7.91. The van der Waals surface area contributed by atoms with Crippen LogP contribution in [0.5, 0.6) is 0 Å². The lowest BCUT2D eigenvalue weighted by molar-refractivity contribution is -0.219. The minimum absolute atomic E-state index is 0.134. The van der Waals surface area contributed by atoms with Gasteiger partial charge in [0.25, 0.3) is 0 Å². The molecule has 0 fully saturated rings. The Morgan fingerprint density at radius 1 is 0.824 bits per heavy atom. The maximum atomic E-state index is 11.1. The summed E-state index contributed by atoms with van der Waals surface area (Å²) >= 11 is 0. The average Bonchev–Trinajstić information content (AvgIpc) is 2.23. The van der Waals surface area contributed by atoms with E-state index in [9.17, 15) is 9.59 Å². The van der Waals surface area contributed by atoms with Crippen molar-refractivity contribution in [1.82, 2.24) is 0 Å². The van der Waals surface area contributed by atoms with Crippen LogP contribution in [0.4, 0.5) is 0 Å². The Bertz CT molecular complexity index is 220. The molecule has 0 bridgehead atoms. The van der Waals surface area contributed by atoms with E-state index in [1.54, 1.807) is 0 Å². The summed E-state index contributed by atoms with van der Waals surface area (Å²) in [5.74, 6) is -0.920. The molecule has 0 amide bonds. The SMILES string of the molecule is C[SiH](C)OOC(=O)CCCC(=O)OO[SiH](C)C. The van der Waals surface area contributed by atoms with Crippen LogP contribution >= 0.6 is 0 Å². The van der Waals surface area contributed by atoms with Crippen LogP contribution < -0.4 is 0 Å². The molecule has 0 aliphatic heterocycles. The maximum Gasteiger partial charge on any atom is 0.340 e. The van der Waals surface area contributed by atoms with Gasteiger partial charge in [-0.15, -0.1) is 0 Å². The van der Waals surface area contributed by atoms with Crippen molar-refractivity contribution in [3.8, 4) is 0 Å². The molecule has 0 aromatic rings. The first kappa shape index (κ1) is 16.3. The van der Waals surface area contributed by atoms with E-state index in [4.69, 9.17) is 9.15 Å². The summed E-state index contributed by atoms with van der Waals surface area (Å²) in [6, 6.07) is 0. The summed E-state index contributed by atoms with van der Waals surface area (Å²) in [5.41, 5.74) is 0. The molecule has 0 unspecified atom stereocenters. The average molecular weight is 280 g/mol. The van der Waals surface area contributed by atoms with Gasteiger partial charge in [-0.1, -0.05) is 0 Å². The number of carbonyl (C=O) groups excluding carboxylic acids is 2. The van der Waals surface area contributed by atoms with E-state index in [1.807, 2.05) is 26.2 Å². The summed E-state index contributed by atoms with van der Waals surface area (Å²) in [4.78, 5) is 31.2. The molecule has 0 spiro atoms. The Balaban J connectivity index is 3.49. The summed E-state index contributed by atoms with van der Waals surface area (Å²) in [6.07, 6.45) is 0.633. The lowest BCUT2D eigenvalue weighted by Gasteiger charge is -2.06. The van der Waals surface area contributed by atoms with Crippen molar-refractivity contribution < 1.29 is 28.5 Å². The van der Waals surface area contributed by atoms with Crippen molar-refractivity contribution in [3.05, 3.63) is 0 Å². The molecule has 8 heteroatoms. The Morgan fingerprint density at radius 3 is 1.47 bits per heavy atom. The Kier molecular flexibility index (Phi) is 8.95. The summed E-state index contributed by atoms with van der Waals surface area (Å²) in [6.45, 7) is 7.55. The van der Waals surface area contributed by atoms with Gasteiger partial charge in [-0.05, 0) is 32.6 Å². The zero-order valence-corrected chi connectivity index (χ0v) is 13.0.